The molecule has 0 radical (unpaired) electrons. The standard InChI is InChI=1S/C26H32N2O4/c1-17(2)12-23(25(30)28-11-10-27)20-7-4-6-19(15-20)13-18(3)14-24(26(31)32)21-8-5-9-22(29)16-21/h4-9,15-18,23-24,29H,11-14H2,1-3H3,(H,28,30)(H,31,32). The Morgan fingerprint density at radius 2 is 1.66 bits per heavy atom. The van der Waals surface area contributed by atoms with Crippen molar-refractivity contribution in [3.05, 3.63) is 65.2 Å². The molecule has 3 atom stereocenters. The molecule has 0 aliphatic heterocycles. The summed E-state index contributed by atoms with van der Waals surface area (Å²) in [5.74, 6) is -1.66. The Morgan fingerprint density at radius 3 is 2.25 bits per heavy atom. The average molecular weight is 437 g/mol. The molecule has 2 aromatic carbocycles. The molecule has 6 heteroatoms. The fraction of sp³-hybridized carbons (Fsp3) is 0.423. The predicted molar refractivity (Wildman–Crippen MR) is 123 cm³/mol. The summed E-state index contributed by atoms with van der Waals surface area (Å²) in [6.07, 6.45) is 1.78. The van der Waals surface area contributed by atoms with Gasteiger partial charge in [-0.1, -0.05) is 57.2 Å². The molecule has 0 saturated carbocycles. The molecule has 170 valence electrons. The zero-order valence-electron chi connectivity index (χ0n) is 18.9. The highest BCUT2D eigenvalue weighted by molar-refractivity contribution is 5.83. The summed E-state index contributed by atoms with van der Waals surface area (Å²) in [6, 6.07) is 16.2. The van der Waals surface area contributed by atoms with Crippen LogP contribution < -0.4 is 5.32 Å². The Morgan fingerprint density at radius 1 is 1.00 bits per heavy atom. The minimum absolute atomic E-state index is 0.0181. The van der Waals surface area contributed by atoms with Gasteiger partial charge in [0, 0.05) is 0 Å². The van der Waals surface area contributed by atoms with Crippen LogP contribution >= 0.6 is 0 Å². The van der Waals surface area contributed by atoms with Crippen LogP contribution in [0.4, 0.5) is 0 Å². The molecule has 0 aliphatic rings. The first kappa shape index (κ1) is 24.9. The maximum Gasteiger partial charge on any atom is 0.310 e. The van der Waals surface area contributed by atoms with Crippen molar-refractivity contribution in [1.82, 2.24) is 5.32 Å². The molecule has 3 N–H and O–H groups in total. The largest absolute Gasteiger partial charge is 0.508 e. The number of phenolic OH excluding ortho intramolecular Hbond substituents is 1. The van der Waals surface area contributed by atoms with Gasteiger partial charge in [-0.25, -0.2) is 0 Å². The number of benzene rings is 2. The number of hydrogen-bond donors (Lipinski definition) is 3. The Hall–Kier alpha value is -3.33. The number of carbonyl (C=O) groups excluding carboxylic acids is 1. The minimum atomic E-state index is -0.914. The first-order valence-electron chi connectivity index (χ1n) is 11.0. The summed E-state index contributed by atoms with van der Waals surface area (Å²) in [5.41, 5.74) is 2.53. The Kier molecular flexibility index (Phi) is 9.27. The maximum atomic E-state index is 12.6. The van der Waals surface area contributed by atoms with Crippen molar-refractivity contribution in [1.29, 1.82) is 5.26 Å². The van der Waals surface area contributed by atoms with Crippen LogP contribution in [0.3, 0.4) is 0 Å². The molecule has 3 unspecified atom stereocenters. The van der Waals surface area contributed by atoms with E-state index in [1.54, 1.807) is 12.1 Å². The second-order valence-electron chi connectivity index (χ2n) is 8.83. The molecule has 32 heavy (non-hydrogen) atoms. The molecule has 0 aliphatic carbocycles. The zero-order chi connectivity index (χ0) is 23.7. The minimum Gasteiger partial charge on any atom is -0.508 e. The maximum absolute atomic E-state index is 12.6. The number of nitriles is 1. The van der Waals surface area contributed by atoms with E-state index in [-0.39, 0.29) is 30.0 Å². The fourth-order valence-electron chi connectivity index (χ4n) is 4.06. The number of rotatable bonds is 11. The number of phenols is 1. The topological polar surface area (TPSA) is 110 Å². The highest BCUT2D eigenvalue weighted by atomic mass is 16.4. The van der Waals surface area contributed by atoms with Gasteiger partial charge in [0.25, 0.3) is 0 Å². The number of amides is 1. The van der Waals surface area contributed by atoms with Crippen molar-refractivity contribution in [2.75, 3.05) is 6.54 Å². The third kappa shape index (κ3) is 7.42. The summed E-state index contributed by atoms with van der Waals surface area (Å²) in [6.45, 7) is 6.11. The normalized spacial score (nSPS) is 13.7. The lowest BCUT2D eigenvalue weighted by molar-refractivity contribution is -0.139. The molecular formula is C26H32N2O4. The van der Waals surface area contributed by atoms with Gasteiger partial charge in [0.2, 0.25) is 5.91 Å². The zero-order valence-corrected chi connectivity index (χ0v) is 18.9. The number of aromatic hydroxyl groups is 1. The number of carboxylic acid groups (broad SMARTS) is 1. The lowest BCUT2D eigenvalue weighted by atomic mass is 9.84. The van der Waals surface area contributed by atoms with Crippen LogP contribution in [0.1, 0.15) is 62.1 Å². The van der Waals surface area contributed by atoms with E-state index in [9.17, 15) is 19.8 Å². The molecule has 2 rings (SSSR count). The van der Waals surface area contributed by atoms with Crippen LogP contribution in [0, 0.1) is 23.2 Å². The fourth-order valence-corrected chi connectivity index (χ4v) is 4.06. The average Bonchev–Trinajstić information content (AvgIpc) is 2.74. The van der Waals surface area contributed by atoms with E-state index in [1.165, 1.54) is 12.1 Å². The van der Waals surface area contributed by atoms with Crippen molar-refractivity contribution in [2.24, 2.45) is 11.8 Å². The SMILES string of the molecule is CC(C)CC(C(=O)NCC#N)c1cccc(CC(C)CC(C(=O)O)c2cccc(O)c2)c1. The summed E-state index contributed by atoms with van der Waals surface area (Å²) in [4.78, 5) is 24.5. The van der Waals surface area contributed by atoms with Gasteiger partial charge in [0.1, 0.15) is 12.3 Å². The molecule has 0 aromatic heterocycles. The number of carboxylic acids is 1. The molecule has 2 aromatic rings. The van der Waals surface area contributed by atoms with E-state index >= 15 is 0 Å². The second kappa shape index (κ2) is 11.9. The van der Waals surface area contributed by atoms with Gasteiger partial charge in [-0.15, -0.1) is 0 Å². The molecule has 0 heterocycles. The number of carbonyl (C=O) groups is 2. The third-order valence-electron chi connectivity index (χ3n) is 5.51. The molecule has 0 bridgehead atoms. The van der Waals surface area contributed by atoms with E-state index in [0.717, 1.165) is 11.1 Å². The van der Waals surface area contributed by atoms with E-state index in [4.69, 9.17) is 5.26 Å². The van der Waals surface area contributed by atoms with Gasteiger partial charge < -0.3 is 15.5 Å². The highest BCUT2D eigenvalue weighted by Crippen LogP contribution is 2.30. The summed E-state index contributed by atoms with van der Waals surface area (Å²) >= 11 is 0. The van der Waals surface area contributed by atoms with Crippen LogP contribution in [-0.2, 0) is 16.0 Å². The molecule has 0 spiro atoms. The van der Waals surface area contributed by atoms with Crippen LogP contribution in [0.15, 0.2) is 48.5 Å². The lowest BCUT2D eigenvalue weighted by Gasteiger charge is -2.21. The predicted octanol–water partition coefficient (Wildman–Crippen LogP) is 4.60. The smallest absolute Gasteiger partial charge is 0.310 e. The highest BCUT2D eigenvalue weighted by Gasteiger charge is 2.24. The molecule has 6 nitrogen and oxygen atoms in total. The Bertz CT molecular complexity index is 964. The molecule has 1 amide bonds. The third-order valence-corrected chi connectivity index (χ3v) is 5.51. The van der Waals surface area contributed by atoms with Gasteiger partial charge in [-0.3, -0.25) is 9.59 Å². The number of aliphatic carboxylic acids is 1. The summed E-state index contributed by atoms with van der Waals surface area (Å²) in [7, 11) is 0. The van der Waals surface area contributed by atoms with Crippen LogP contribution in [-0.4, -0.2) is 28.6 Å². The van der Waals surface area contributed by atoms with Gasteiger partial charge in [-0.2, -0.15) is 5.26 Å². The molecule has 0 fully saturated rings. The van der Waals surface area contributed by atoms with E-state index in [2.05, 4.69) is 19.2 Å². The van der Waals surface area contributed by atoms with E-state index in [0.29, 0.717) is 30.7 Å². The van der Waals surface area contributed by atoms with E-state index in [1.807, 2.05) is 37.3 Å². The monoisotopic (exact) mass is 436 g/mol. The van der Waals surface area contributed by atoms with Gasteiger partial charge in [0.05, 0.1) is 17.9 Å². The van der Waals surface area contributed by atoms with Crippen LogP contribution in [0.5, 0.6) is 5.75 Å². The summed E-state index contributed by atoms with van der Waals surface area (Å²) in [5, 5.41) is 30.9. The molecule has 0 saturated heterocycles. The number of nitrogens with one attached hydrogen (secondary N) is 1. The number of nitrogens with zero attached hydrogens (tertiary/aromatic N) is 1. The van der Waals surface area contributed by atoms with Gasteiger partial charge in [-0.05, 0) is 59.9 Å². The van der Waals surface area contributed by atoms with Crippen LogP contribution in [0.2, 0.25) is 0 Å². The van der Waals surface area contributed by atoms with E-state index < -0.39 is 11.9 Å². The summed E-state index contributed by atoms with van der Waals surface area (Å²) < 4.78 is 0. The Labute approximate surface area is 189 Å². The Balaban J connectivity index is 2.16. The van der Waals surface area contributed by atoms with Crippen molar-refractivity contribution >= 4 is 11.9 Å². The van der Waals surface area contributed by atoms with Crippen molar-refractivity contribution in [2.45, 2.75) is 51.9 Å². The van der Waals surface area contributed by atoms with Gasteiger partial charge >= 0.3 is 5.97 Å². The van der Waals surface area contributed by atoms with Crippen LogP contribution in [0.25, 0.3) is 0 Å². The first-order valence-corrected chi connectivity index (χ1v) is 11.0. The van der Waals surface area contributed by atoms with Crippen molar-refractivity contribution < 1.29 is 19.8 Å². The number of hydrogen-bond acceptors (Lipinski definition) is 4. The first-order chi connectivity index (χ1) is 15.2. The van der Waals surface area contributed by atoms with Crippen molar-refractivity contribution in [3.63, 3.8) is 0 Å². The molecular weight excluding hydrogens is 404 g/mol. The second-order valence-corrected chi connectivity index (χ2v) is 8.83. The van der Waals surface area contributed by atoms with Gasteiger partial charge in [0.15, 0.2) is 0 Å². The quantitative estimate of drug-likeness (QED) is 0.446. The lowest BCUT2D eigenvalue weighted by Crippen LogP contribution is -2.30. The van der Waals surface area contributed by atoms with Crippen molar-refractivity contribution in [3.8, 4) is 11.8 Å².